The van der Waals surface area contributed by atoms with Gasteiger partial charge in [0.1, 0.15) is 11.9 Å². The van der Waals surface area contributed by atoms with Gasteiger partial charge in [-0.2, -0.15) is 13.2 Å². The molecule has 5 nitrogen and oxygen atoms in total. The van der Waals surface area contributed by atoms with Crippen molar-refractivity contribution in [1.29, 1.82) is 0 Å². The number of urea groups is 1. The van der Waals surface area contributed by atoms with Crippen LogP contribution in [0.25, 0.3) is 0 Å². The molecular weight excluding hydrogens is 402 g/mol. The Labute approximate surface area is 164 Å². The van der Waals surface area contributed by atoms with Gasteiger partial charge in [0.15, 0.2) is 0 Å². The van der Waals surface area contributed by atoms with Gasteiger partial charge < -0.3 is 15.5 Å². The van der Waals surface area contributed by atoms with Crippen LogP contribution >= 0.6 is 11.6 Å². The molecule has 2 N–H and O–H groups in total. The van der Waals surface area contributed by atoms with E-state index >= 15 is 0 Å². The predicted octanol–water partition coefficient (Wildman–Crippen LogP) is 3.64. The second kappa shape index (κ2) is 7.77. The zero-order valence-corrected chi connectivity index (χ0v) is 15.8. The van der Waals surface area contributed by atoms with Crippen molar-refractivity contribution in [1.82, 2.24) is 15.5 Å². The predicted molar refractivity (Wildman–Crippen MR) is 94.1 cm³/mol. The first-order valence-corrected chi connectivity index (χ1v) is 9.33. The lowest BCUT2D eigenvalue weighted by molar-refractivity contribution is -0.206. The summed E-state index contributed by atoms with van der Waals surface area (Å²) in [7, 11) is 0. The molecule has 1 unspecified atom stereocenters. The van der Waals surface area contributed by atoms with Crippen LogP contribution in [0.15, 0.2) is 18.2 Å². The number of hydrogen-bond donors (Lipinski definition) is 2. The highest BCUT2D eigenvalue weighted by Gasteiger charge is 2.51. The van der Waals surface area contributed by atoms with E-state index in [1.807, 2.05) is 0 Å². The first-order chi connectivity index (χ1) is 13.1. The molecule has 154 valence electrons. The number of benzene rings is 1. The Balaban J connectivity index is 1.82. The van der Waals surface area contributed by atoms with Gasteiger partial charge in [-0.1, -0.05) is 23.7 Å². The molecular formula is C18H20ClF4N3O2. The number of rotatable bonds is 3. The third-order valence-corrected chi connectivity index (χ3v) is 5.76. The van der Waals surface area contributed by atoms with Crippen molar-refractivity contribution >= 4 is 23.5 Å². The van der Waals surface area contributed by atoms with Crippen LogP contribution in [0, 0.1) is 17.7 Å². The first kappa shape index (κ1) is 20.7. The summed E-state index contributed by atoms with van der Waals surface area (Å²) < 4.78 is 53.2. The molecule has 1 aromatic rings. The number of carbonyl (C=O) groups excluding carboxylic acids is 2. The van der Waals surface area contributed by atoms with Crippen LogP contribution in [0.2, 0.25) is 5.02 Å². The van der Waals surface area contributed by atoms with Gasteiger partial charge >= 0.3 is 12.2 Å². The monoisotopic (exact) mass is 421 g/mol. The minimum absolute atomic E-state index is 0.0422. The molecule has 1 aliphatic carbocycles. The quantitative estimate of drug-likeness (QED) is 0.732. The number of nitrogens with one attached hydrogen (secondary N) is 2. The number of nitrogens with zero attached hydrogens (tertiary/aromatic N) is 1. The molecule has 1 saturated carbocycles. The Morgan fingerprint density at radius 2 is 2.04 bits per heavy atom. The molecule has 1 heterocycles. The maximum Gasteiger partial charge on any atom is 0.391 e. The lowest BCUT2D eigenvalue weighted by Gasteiger charge is -2.43. The van der Waals surface area contributed by atoms with Crippen molar-refractivity contribution in [3.8, 4) is 0 Å². The van der Waals surface area contributed by atoms with E-state index in [1.165, 1.54) is 23.1 Å². The molecule has 0 aromatic heterocycles. The van der Waals surface area contributed by atoms with Crippen LogP contribution in [0.1, 0.15) is 31.4 Å². The highest BCUT2D eigenvalue weighted by Crippen LogP contribution is 2.50. The van der Waals surface area contributed by atoms with E-state index in [-0.39, 0.29) is 42.4 Å². The van der Waals surface area contributed by atoms with Crippen LogP contribution in [0.3, 0.4) is 0 Å². The third-order valence-electron chi connectivity index (χ3n) is 5.46. The van der Waals surface area contributed by atoms with E-state index in [0.29, 0.717) is 0 Å². The van der Waals surface area contributed by atoms with Gasteiger partial charge in [-0.15, -0.1) is 0 Å². The Morgan fingerprint density at radius 3 is 2.68 bits per heavy atom. The minimum atomic E-state index is -4.32. The summed E-state index contributed by atoms with van der Waals surface area (Å²) in [5.74, 6) is -3.15. The number of hydrogen-bond acceptors (Lipinski definition) is 2. The molecule has 3 amide bonds. The van der Waals surface area contributed by atoms with Gasteiger partial charge in [-0.25, -0.2) is 9.18 Å². The fourth-order valence-corrected chi connectivity index (χ4v) is 3.87. The van der Waals surface area contributed by atoms with E-state index in [1.54, 1.807) is 6.92 Å². The van der Waals surface area contributed by atoms with Crippen molar-refractivity contribution in [2.24, 2.45) is 11.8 Å². The molecule has 2 aliphatic rings. The average Bonchev–Trinajstić information content (AvgIpc) is 2.56. The van der Waals surface area contributed by atoms with Crippen LogP contribution in [-0.4, -0.2) is 42.1 Å². The Hall–Kier alpha value is -2.03. The lowest BCUT2D eigenvalue weighted by Crippen LogP contribution is -2.59. The van der Waals surface area contributed by atoms with Gasteiger partial charge in [-0.3, -0.25) is 4.79 Å². The Bertz CT molecular complexity index is 768. The number of carbonyl (C=O) groups is 2. The molecule has 1 aromatic carbocycles. The molecule has 3 rings (SSSR count). The molecule has 1 aliphatic heterocycles. The fraction of sp³-hybridized carbons (Fsp3) is 0.556. The summed E-state index contributed by atoms with van der Waals surface area (Å²) in [4.78, 5) is 25.8. The summed E-state index contributed by atoms with van der Waals surface area (Å²) >= 11 is 5.82. The lowest BCUT2D eigenvalue weighted by atomic mass is 9.69. The summed E-state index contributed by atoms with van der Waals surface area (Å²) in [6, 6.07) is 1.89. The van der Waals surface area contributed by atoms with Gasteiger partial charge in [0, 0.05) is 18.7 Å². The maximum absolute atomic E-state index is 14.6. The van der Waals surface area contributed by atoms with E-state index in [9.17, 15) is 27.2 Å². The van der Waals surface area contributed by atoms with E-state index in [4.69, 9.17) is 11.6 Å². The summed E-state index contributed by atoms with van der Waals surface area (Å²) in [5, 5.41) is 5.09. The largest absolute Gasteiger partial charge is 0.391 e. The van der Waals surface area contributed by atoms with Crippen LogP contribution in [0.4, 0.5) is 22.4 Å². The summed E-state index contributed by atoms with van der Waals surface area (Å²) in [5.41, 5.74) is 0.0422. The Morgan fingerprint density at radius 1 is 1.36 bits per heavy atom. The van der Waals surface area contributed by atoms with E-state index in [0.717, 1.165) is 0 Å². The topological polar surface area (TPSA) is 61.4 Å². The van der Waals surface area contributed by atoms with E-state index in [2.05, 4.69) is 10.6 Å². The van der Waals surface area contributed by atoms with Crippen molar-refractivity contribution in [2.45, 2.75) is 38.0 Å². The molecule has 0 spiro atoms. The summed E-state index contributed by atoms with van der Waals surface area (Å²) in [6.45, 7) is 2.07. The highest BCUT2D eigenvalue weighted by atomic mass is 35.5. The zero-order chi connectivity index (χ0) is 20.6. The number of piperazine rings is 1. The SMILES string of the molecule is C[C@@H]1C(=O)NCCN1C(=O)NC(c1cccc(Cl)c1F)C1CC(C(F)(F)F)C1. The highest BCUT2D eigenvalue weighted by molar-refractivity contribution is 6.30. The smallest absolute Gasteiger partial charge is 0.353 e. The van der Waals surface area contributed by atoms with Gasteiger partial charge in [0.05, 0.1) is 17.0 Å². The fourth-order valence-electron chi connectivity index (χ4n) is 3.69. The molecule has 2 fully saturated rings. The van der Waals surface area contributed by atoms with Crippen LogP contribution in [0.5, 0.6) is 0 Å². The zero-order valence-electron chi connectivity index (χ0n) is 15.0. The molecule has 0 radical (unpaired) electrons. The average molecular weight is 422 g/mol. The maximum atomic E-state index is 14.6. The van der Waals surface area contributed by atoms with Crippen molar-refractivity contribution < 1.29 is 27.2 Å². The molecule has 0 bridgehead atoms. The Kier molecular flexibility index (Phi) is 5.74. The van der Waals surface area contributed by atoms with Crippen molar-refractivity contribution in [3.63, 3.8) is 0 Å². The van der Waals surface area contributed by atoms with Crippen molar-refractivity contribution in [2.75, 3.05) is 13.1 Å². The molecule has 2 atom stereocenters. The van der Waals surface area contributed by atoms with Crippen LogP contribution < -0.4 is 10.6 Å². The number of alkyl halides is 3. The van der Waals surface area contributed by atoms with E-state index < -0.39 is 41.9 Å². The van der Waals surface area contributed by atoms with Crippen molar-refractivity contribution in [3.05, 3.63) is 34.6 Å². The molecule has 1 saturated heterocycles. The summed E-state index contributed by atoms with van der Waals surface area (Å²) in [6.07, 6.45) is -4.75. The minimum Gasteiger partial charge on any atom is -0.353 e. The first-order valence-electron chi connectivity index (χ1n) is 8.95. The second-order valence-corrected chi connectivity index (χ2v) is 7.61. The number of halogens is 5. The van der Waals surface area contributed by atoms with Crippen LogP contribution in [-0.2, 0) is 4.79 Å². The van der Waals surface area contributed by atoms with Gasteiger partial charge in [-0.05, 0) is 31.7 Å². The normalized spacial score (nSPS) is 26.3. The van der Waals surface area contributed by atoms with Gasteiger partial charge in [0.25, 0.3) is 0 Å². The molecule has 28 heavy (non-hydrogen) atoms. The second-order valence-electron chi connectivity index (χ2n) is 7.20. The standard InChI is InChI=1S/C18H20ClF4N3O2/c1-9-16(27)24-5-6-26(9)17(28)25-15(10-7-11(8-10)18(21,22)23)12-3-2-4-13(19)14(12)20/h2-4,9-11,15H,5-8H2,1H3,(H,24,27)(H,25,28)/t9-,10?,11?,15?/m1/s1. The van der Waals surface area contributed by atoms with Gasteiger partial charge in [0.2, 0.25) is 5.91 Å². The number of amides is 3. The third kappa shape index (κ3) is 4.04. The molecule has 10 heteroatoms.